The summed E-state index contributed by atoms with van der Waals surface area (Å²) in [6.45, 7) is 1.26. The number of nitrogen functional groups attached to an aromatic ring is 1. The van der Waals surface area contributed by atoms with Crippen LogP contribution in [0.15, 0.2) is 11.1 Å². The van der Waals surface area contributed by atoms with E-state index in [1.807, 2.05) is 0 Å². The van der Waals surface area contributed by atoms with Gasteiger partial charge in [0.15, 0.2) is 17.5 Å². The van der Waals surface area contributed by atoms with Crippen LogP contribution in [0.2, 0.25) is 0 Å². The highest BCUT2D eigenvalue weighted by Gasteiger charge is 2.53. The Morgan fingerprint density at radius 1 is 1.38 bits per heavy atom. The Bertz CT molecular complexity index is 1190. The molecule has 0 aromatic carbocycles. The van der Waals surface area contributed by atoms with Crippen molar-refractivity contribution < 1.29 is 51.9 Å². The van der Waals surface area contributed by atoms with Crippen molar-refractivity contribution in [2.45, 2.75) is 37.2 Å². The van der Waals surface area contributed by atoms with Gasteiger partial charge in [-0.1, -0.05) is 0 Å². The predicted molar refractivity (Wildman–Crippen MR) is 104 cm³/mol. The van der Waals surface area contributed by atoms with Gasteiger partial charge in [-0.3, -0.25) is 14.3 Å². The van der Waals surface area contributed by atoms with Crippen LogP contribution in [0.1, 0.15) is 19.4 Å². The zero-order chi connectivity index (χ0) is 24.1. The number of aliphatic hydroxyl groups excluding tert-OH is 1. The van der Waals surface area contributed by atoms with Gasteiger partial charge in [-0.15, -0.1) is 0 Å². The number of imidazole rings is 1. The van der Waals surface area contributed by atoms with E-state index in [2.05, 4.69) is 23.6 Å². The zero-order valence-electron chi connectivity index (χ0n) is 16.1. The molecule has 32 heavy (non-hydrogen) atoms. The van der Waals surface area contributed by atoms with E-state index in [1.165, 1.54) is 17.8 Å². The number of hydrogen-bond donors (Lipinski definition) is 7. The third kappa shape index (κ3) is 5.30. The zero-order valence-corrected chi connectivity index (χ0v) is 18.8. The summed E-state index contributed by atoms with van der Waals surface area (Å²) in [4.78, 5) is 48.9. The fourth-order valence-electron chi connectivity index (χ4n) is 3.31. The normalized spacial score (nSPS) is 28.7. The number of aliphatic hydroxyl groups is 2. The Kier molecular flexibility index (Phi) is 6.75. The van der Waals surface area contributed by atoms with E-state index >= 15 is 0 Å². The van der Waals surface area contributed by atoms with E-state index < -0.39 is 59.4 Å². The van der Waals surface area contributed by atoms with Crippen LogP contribution in [-0.2, 0) is 27.1 Å². The molecule has 2 heterocycles. The van der Waals surface area contributed by atoms with Crippen molar-refractivity contribution in [3.8, 4) is 0 Å². The second-order valence-electron chi connectivity index (χ2n) is 7.05. The van der Waals surface area contributed by atoms with Crippen molar-refractivity contribution in [2.75, 3.05) is 12.1 Å². The molecule has 178 valence electrons. The first-order valence-corrected chi connectivity index (χ1v) is 13.0. The highest BCUT2D eigenvalue weighted by Crippen LogP contribution is 2.57. The molecular weight excluding hydrogens is 499 g/mol. The lowest BCUT2D eigenvalue weighted by molar-refractivity contribution is -0.0993. The molecule has 20 heteroatoms. The van der Waals surface area contributed by atoms with Crippen molar-refractivity contribution in [2.24, 2.45) is 0 Å². The van der Waals surface area contributed by atoms with Crippen LogP contribution in [-0.4, -0.2) is 68.6 Å². The van der Waals surface area contributed by atoms with Gasteiger partial charge < -0.3 is 39.9 Å². The van der Waals surface area contributed by atoms with Gasteiger partial charge in [0.1, 0.15) is 11.7 Å². The van der Waals surface area contributed by atoms with Gasteiger partial charge in [0.2, 0.25) is 5.95 Å². The van der Waals surface area contributed by atoms with Crippen molar-refractivity contribution >= 4 is 40.8 Å². The molecule has 0 saturated heterocycles. The highest BCUT2D eigenvalue weighted by molar-refractivity contribution is 7.63. The van der Waals surface area contributed by atoms with Gasteiger partial charge in [-0.05, 0) is 22.0 Å². The standard InChI is InChI=1S/C12H18N5O12P3/c1-12(20)6(17-3-14-7-9(17)15-11(13)16-10(7)19)2-5(8(12)18)27-4-31(22,23)28-30(21)29-32(24,25)26/h3,5-6,8,18,20H,2,4H2,1H3,(H5-,13,15,16,19,22,23,24,25,26)/p+1/t5-,6+,8+,12-/m0/s1. The van der Waals surface area contributed by atoms with E-state index in [1.54, 1.807) is 0 Å². The summed E-state index contributed by atoms with van der Waals surface area (Å²) in [6.07, 6.45) is -2.97. The second-order valence-corrected chi connectivity index (χ2v) is 11.3. The van der Waals surface area contributed by atoms with Gasteiger partial charge >= 0.3 is 23.7 Å². The molecule has 0 spiro atoms. The van der Waals surface area contributed by atoms with E-state index in [0.717, 1.165) is 0 Å². The summed E-state index contributed by atoms with van der Waals surface area (Å²) in [5.74, 6) is -0.208. The van der Waals surface area contributed by atoms with E-state index in [0.29, 0.717) is 0 Å². The summed E-state index contributed by atoms with van der Waals surface area (Å²) in [6, 6.07) is -0.963. The van der Waals surface area contributed by atoms with Gasteiger partial charge in [0.25, 0.3) is 5.56 Å². The predicted octanol–water partition coefficient (Wildman–Crippen LogP) is -0.930. The third-order valence-electron chi connectivity index (χ3n) is 4.69. The van der Waals surface area contributed by atoms with E-state index in [-0.39, 0.29) is 23.5 Å². The van der Waals surface area contributed by atoms with Gasteiger partial charge in [-0.2, -0.15) is 4.98 Å². The van der Waals surface area contributed by atoms with Crippen molar-refractivity contribution in [3.05, 3.63) is 16.7 Å². The first kappa shape index (κ1) is 25.0. The molecule has 0 amide bonds. The summed E-state index contributed by atoms with van der Waals surface area (Å²) in [5, 5.41) is 21.3. The van der Waals surface area contributed by atoms with Gasteiger partial charge in [0.05, 0.1) is 18.5 Å². The maximum atomic E-state index is 12.0. The Morgan fingerprint density at radius 3 is 2.66 bits per heavy atom. The minimum absolute atomic E-state index is 0.0205. The topological polar surface area (TPSA) is 270 Å². The van der Waals surface area contributed by atoms with Crippen LogP contribution in [0, 0.1) is 0 Å². The van der Waals surface area contributed by atoms with E-state index in [4.69, 9.17) is 20.3 Å². The van der Waals surface area contributed by atoms with Crippen molar-refractivity contribution in [3.63, 3.8) is 0 Å². The molecule has 3 rings (SSSR count). The molecule has 0 radical (unpaired) electrons. The molecule has 1 saturated carbocycles. The number of aromatic amines is 1. The van der Waals surface area contributed by atoms with Crippen LogP contribution in [0.4, 0.5) is 5.95 Å². The fourth-order valence-corrected chi connectivity index (χ4v) is 5.79. The number of aromatic nitrogens is 4. The molecule has 2 aromatic rings. The lowest BCUT2D eigenvalue weighted by atomic mass is 9.98. The monoisotopic (exact) mass is 518 g/mol. The quantitative estimate of drug-likeness (QED) is 0.208. The smallest absolute Gasteiger partial charge is 0.387 e. The lowest BCUT2D eigenvalue weighted by Crippen LogP contribution is -2.44. The molecule has 0 aliphatic heterocycles. The molecular formula is C12H19N5O12P3+. The number of nitrogens with two attached hydrogens (primary N) is 1. The molecule has 0 bridgehead atoms. The number of phosphoric acid groups is 1. The molecule has 2 unspecified atom stereocenters. The lowest BCUT2D eigenvalue weighted by Gasteiger charge is -2.29. The Balaban J connectivity index is 1.76. The third-order valence-corrected chi connectivity index (χ3v) is 8.10. The summed E-state index contributed by atoms with van der Waals surface area (Å²) < 4.78 is 48.1. The van der Waals surface area contributed by atoms with E-state index in [9.17, 15) is 33.6 Å². The Hall–Kier alpha value is -1.61. The van der Waals surface area contributed by atoms with Crippen LogP contribution >= 0.6 is 23.7 Å². The number of rotatable bonds is 8. The molecule has 1 aliphatic carbocycles. The largest absolute Gasteiger partial charge is 0.717 e. The number of nitrogens with one attached hydrogen (secondary N) is 1. The number of fused-ring (bicyclic) bond motifs is 1. The summed E-state index contributed by atoms with van der Waals surface area (Å²) in [7, 11) is -13.7. The first-order valence-electron chi connectivity index (χ1n) is 8.59. The molecule has 1 fully saturated rings. The summed E-state index contributed by atoms with van der Waals surface area (Å²) in [5.41, 5.74) is 2.99. The average molecular weight is 518 g/mol. The van der Waals surface area contributed by atoms with Gasteiger partial charge in [-0.25, -0.2) is 9.55 Å². The number of nitrogens with zero attached hydrogens (tertiary/aromatic N) is 3. The number of H-pyrrole nitrogens is 1. The number of hydrogen-bond acceptors (Lipinski definition) is 12. The minimum atomic E-state index is -5.24. The molecule has 17 nitrogen and oxygen atoms in total. The Morgan fingerprint density at radius 2 is 2.03 bits per heavy atom. The number of ether oxygens (including phenoxy) is 1. The Labute approximate surface area is 178 Å². The van der Waals surface area contributed by atoms with Crippen molar-refractivity contribution in [1.82, 2.24) is 19.5 Å². The van der Waals surface area contributed by atoms with Crippen LogP contribution < -0.4 is 11.3 Å². The maximum Gasteiger partial charge on any atom is 0.717 e. The fraction of sp³-hybridized carbons (Fsp3) is 0.583. The highest BCUT2D eigenvalue weighted by atomic mass is 31.3. The van der Waals surface area contributed by atoms with Crippen LogP contribution in [0.25, 0.3) is 11.2 Å². The van der Waals surface area contributed by atoms with Crippen LogP contribution in [0.3, 0.4) is 0 Å². The number of anilines is 1. The molecule has 1 aliphatic rings. The average Bonchev–Trinajstić information content (AvgIpc) is 3.11. The summed E-state index contributed by atoms with van der Waals surface area (Å²) >= 11 is 0. The molecule has 2 aromatic heterocycles. The molecule has 6 atom stereocenters. The molecule has 8 N–H and O–H groups in total. The van der Waals surface area contributed by atoms with Crippen molar-refractivity contribution in [1.29, 1.82) is 0 Å². The first-order chi connectivity index (χ1) is 14.6. The van der Waals surface area contributed by atoms with Crippen LogP contribution in [0.5, 0.6) is 0 Å². The maximum absolute atomic E-state index is 12.0. The second kappa shape index (κ2) is 8.63. The minimum Gasteiger partial charge on any atom is -0.387 e. The van der Waals surface area contributed by atoms with Gasteiger partial charge in [0, 0.05) is 4.57 Å². The SMILES string of the molecule is C[C@@]1(O)[C@H](O)[C@@H](OCP(=O)(O)O[P+](=O)OP(=O)(O)O)C[C@H]1n1cnc2c(=O)[nH]c(N)nc21.